The highest BCUT2D eigenvalue weighted by Gasteiger charge is 2.22. The first-order valence-electron chi connectivity index (χ1n) is 6.22. The molecule has 1 rings (SSSR count). The molecule has 0 radical (unpaired) electrons. The van der Waals surface area contributed by atoms with E-state index in [2.05, 4.69) is 10.9 Å². The maximum absolute atomic E-state index is 12.7. The van der Waals surface area contributed by atoms with Crippen LogP contribution < -0.4 is 15.6 Å². The molecule has 1 unspecified atom stereocenters. The standard InChI is InChI=1S/C14H19FN2O3/c1-9(20-11-7-5-10(15)6-8-11)12(18)16-17-13(19)14(2,3)4/h5-9H,1-4H3,(H,16,18)(H,17,19). The summed E-state index contributed by atoms with van der Waals surface area (Å²) in [5.41, 5.74) is 4.00. The molecule has 1 aromatic rings. The van der Waals surface area contributed by atoms with Gasteiger partial charge in [-0.25, -0.2) is 4.39 Å². The van der Waals surface area contributed by atoms with Crippen LogP contribution in [0.2, 0.25) is 0 Å². The summed E-state index contributed by atoms with van der Waals surface area (Å²) >= 11 is 0. The monoisotopic (exact) mass is 282 g/mol. The van der Waals surface area contributed by atoms with Crippen LogP contribution in [-0.4, -0.2) is 17.9 Å². The van der Waals surface area contributed by atoms with Crippen LogP contribution in [0.15, 0.2) is 24.3 Å². The number of hydrazine groups is 1. The second-order valence-corrected chi connectivity index (χ2v) is 5.41. The van der Waals surface area contributed by atoms with Gasteiger partial charge in [0.2, 0.25) is 5.91 Å². The van der Waals surface area contributed by atoms with Gasteiger partial charge in [-0.15, -0.1) is 0 Å². The average Bonchev–Trinajstić information content (AvgIpc) is 2.36. The Labute approximate surface area is 117 Å². The number of rotatable bonds is 3. The maximum Gasteiger partial charge on any atom is 0.279 e. The van der Waals surface area contributed by atoms with Gasteiger partial charge in [0.1, 0.15) is 11.6 Å². The number of halogens is 1. The zero-order chi connectivity index (χ0) is 15.3. The lowest BCUT2D eigenvalue weighted by Gasteiger charge is -2.19. The molecule has 2 amide bonds. The molecule has 1 atom stereocenters. The minimum atomic E-state index is -0.819. The quantitative estimate of drug-likeness (QED) is 0.831. The Kier molecular flexibility index (Phi) is 5.07. The van der Waals surface area contributed by atoms with Crippen molar-refractivity contribution in [3.05, 3.63) is 30.1 Å². The molecule has 0 aromatic heterocycles. The number of carbonyl (C=O) groups is 2. The molecule has 20 heavy (non-hydrogen) atoms. The molecule has 0 fully saturated rings. The van der Waals surface area contributed by atoms with Gasteiger partial charge in [-0.2, -0.15) is 0 Å². The smallest absolute Gasteiger partial charge is 0.279 e. The summed E-state index contributed by atoms with van der Waals surface area (Å²) in [6, 6.07) is 5.32. The minimum absolute atomic E-state index is 0.306. The van der Waals surface area contributed by atoms with Crippen LogP contribution in [-0.2, 0) is 9.59 Å². The van der Waals surface area contributed by atoms with Crippen LogP contribution in [0.25, 0.3) is 0 Å². The second kappa shape index (κ2) is 6.36. The van der Waals surface area contributed by atoms with E-state index < -0.39 is 17.4 Å². The van der Waals surface area contributed by atoms with Crippen molar-refractivity contribution in [2.45, 2.75) is 33.8 Å². The van der Waals surface area contributed by atoms with Crippen molar-refractivity contribution in [2.75, 3.05) is 0 Å². The second-order valence-electron chi connectivity index (χ2n) is 5.41. The predicted molar refractivity (Wildman–Crippen MR) is 72.2 cm³/mol. The molecular weight excluding hydrogens is 263 g/mol. The molecule has 1 aromatic carbocycles. The lowest BCUT2D eigenvalue weighted by Crippen LogP contribution is -2.50. The molecule has 0 spiro atoms. The normalized spacial score (nSPS) is 12.4. The van der Waals surface area contributed by atoms with E-state index in [0.717, 1.165) is 0 Å². The van der Waals surface area contributed by atoms with Gasteiger partial charge in [0.05, 0.1) is 0 Å². The number of amides is 2. The van der Waals surface area contributed by atoms with Crippen molar-refractivity contribution in [2.24, 2.45) is 5.41 Å². The van der Waals surface area contributed by atoms with Crippen molar-refractivity contribution in [1.29, 1.82) is 0 Å². The van der Waals surface area contributed by atoms with Crippen LogP contribution in [0.1, 0.15) is 27.7 Å². The zero-order valence-electron chi connectivity index (χ0n) is 12.0. The molecule has 0 aliphatic heterocycles. The van der Waals surface area contributed by atoms with E-state index in [1.807, 2.05) is 0 Å². The number of hydrogen-bond donors (Lipinski definition) is 2. The van der Waals surface area contributed by atoms with E-state index in [4.69, 9.17) is 4.74 Å². The topological polar surface area (TPSA) is 67.4 Å². The molecule has 2 N–H and O–H groups in total. The van der Waals surface area contributed by atoms with Crippen molar-refractivity contribution in [3.8, 4) is 5.75 Å². The van der Waals surface area contributed by atoms with E-state index in [9.17, 15) is 14.0 Å². The Morgan fingerprint density at radius 1 is 1.15 bits per heavy atom. The van der Waals surface area contributed by atoms with Crippen molar-refractivity contribution < 1.29 is 18.7 Å². The Bertz CT molecular complexity index is 480. The molecule has 0 aliphatic rings. The molecule has 0 bridgehead atoms. The summed E-state index contributed by atoms with van der Waals surface area (Å²) < 4.78 is 18.0. The maximum atomic E-state index is 12.7. The van der Waals surface area contributed by atoms with Crippen molar-refractivity contribution in [3.63, 3.8) is 0 Å². The SMILES string of the molecule is CC(Oc1ccc(F)cc1)C(=O)NNC(=O)C(C)(C)C. The number of hydrogen-bond acceptors (Lipinski definition) is 3. The average molecular weight is 282 g/mol. The highest BCUT2D eigenvalue weighted by atomic mass is 19.1. The molecule has 0 saturated carbocycles. The molecule has 6 heteroatoms. The summed E-state index contributed by atoms with van der Waals surface area (Å²) in [5.74, 6) is -0.810. The lowest BCUT2D eigenvalue weighted by molar-refractivity contribution is -0.136. The minimum Gasteiger partial charge on any atom is -0.481 e. The van der Waals surface area contributed by atoms with Crippen LogP contribution in [0.4, 0.5) is 4.39 Å². The predicted octanol–water partition coefficient (Wildman–Crippen LogP) is 1.79. The van der Waals surface area contributed by atoms with Gasteiger partial charge >= 0.3 is 0 Å². The van der Waals surface area contributed by atoms with Crippen LogP contribution >= 0.6 is 0 Å². The van der Waals surface area contributed by atoms with E-state index >= 15 is 0 Å². The van der Waals surface area contributed by atoms with Gasteiger partial charge in [-0.1, -0.05) is 20.8 Å². The fraction of sp³-hybridized carbons (Fsp3) is 0.429. The zero-order valence-corrected chi connectivity index (χ0v) is 12.0. The number of ether oxygens (including phenoxy) is 1. The first kappa shape index (κ1) is 15.9. The molecule has 5 nitrogen and oxygen atoms in total. The summed E-state index contributed by atoms with van der Waals surface area (Å²) in [6.07, 6.45) is -0.819. The Morgan fingerprint density at radius 3 is 2.20 bits per heavy atom. The fourth-order valence-electron chi connectivity index (χ4n) is 1.18. The summed E-state index contributed by atoms with van der Waals surface area (Å²) in [4.78, 5) is 23.3. The number of benzene rings is 1. The van der Waals surface area contributed by atoms with Crippen LogP contribution in [0.3, 0.4) is 0 Å². The highest BCUT2D eigenvalue weighted by molar-refractivity contribution is 5.86. The first-order valence-corrected chi connectivity index (χ1v) is 6.22. The summed E-state index contributed by atoms with van der Waals surface area (Å²) in [7, 11) is 0. The third-order valence-corrected chi connectivity index (χ3v) is 2.48. The van der Waals surface area contributed by atoms with E-state index in [1.54, 1.807) is 20.8 Å². The number of carbonyl (C=O) groups excluding carboxylic acids is 2. The summed E-state index contributed by atoms with van der Waals surface area (Å²) in [6.45, 7) is 6.72. The fourth-order valence-corrected chi connectivity index (χ4v) is 1.18. The third kappa shape index (κ3) is 4.87. The first-order chi connectivity index (χ1) is 9.20. The van der Waals surface area contributed by atoms with E-state index in [-0.39, 0.29) is 11.7 Å². The van der Waals surface area contributed by atoms with Crippen LogP contribution in [0, 0.1) is 11.2 Å². The summed E-state index contributed by atoms with van der Waals surface area (Å²) in [5, 5.41) is 0. The molecule has 0 aliphatic carbocycles. The molecule has 0 heterocycles. The molecule has 110 valence electrons. The van der Waals surface area contributed by atoms with Gasteiger partial charge in [-0.3, -0.25) is 20.4 Å². The van der Waals surface area contributed by atoms with E-state index in [1.165, 1.54) is 31.2 Å². The molecular formula is C14H19FN2O3. The van der Waals surface area contributed by atoms with Gasteiger partial charge in [0, 0.05) is 5.41 Å². The van der Waals surface area contributed by atoms with Gasteiger partial charge < -0.3 is 4.74 Å². The number of nitrogens with one attached hydrogen (secondary N) is 2. The Hall–Kier alpha value is -2.11. The van der Waals surface area contributed by atoms with E-state index in [0.29, 0.717) is 5.75 Å². The van der Waals surface area contributed by atoms with Crippen LogP contribution in [0.5, 0.6) is 5.75 Å². The Morgan fingerprint density at radius 2 is 1.70 bits per heavy atom. The van der Waals surface area contributed by atoms with Gasteiger partial charge in [0.25, 0.3) is 5.91 Å². The lowest BCUT2D eigenvalue weighted by atomic mass is 9.96. The van der Waals surface area contributed by atoms with Gasteiger partial charge in [-0.05, 0) is 31.2 Å². The van der Waals surface area contributed by atoms with Gasteiger partial charge in [0.15, 0.2) is 6.10 Å². The molecule has 0 saturated heterocycles. The third-order valence-electron chi connectivity index (χ3n) is 2.48. The van der Waals surface area contributed by atoms with Crippen molar-refractivity contribution in [1.82, 2.24) is 10.9 Å². The largest absolute Gasteiger partial charge is 0.481 e. The van der Waals surface area contributed by atoms with Crippen molar-refractivity contribution >= 4 is 11.8 Å². The Balaban J connectivity index is 2.47. The highest BCUT2D eigenvalue weighted by Crippen LogP contribution is 2.13.